The van der Waals surface area contributed by atoms with Gasteiger partial charge in [0.15, 0.2) is 6.29 Å². The Hall–Kier alpha value is -1.17. The molecule has 76 valence electrons. The van der Waals surface area contributed by atoms with Crippen LogP contribution < -0.4 is 10.5 Å². The molecule has 0 radical (unpaired) electrons. The van der Waals surface area contributed by atoms with E-state index >= 15 is 0 Å². The number of alkyl halides is 2. The van der Waals surface area contributed by atoms with Crippen molar-refractivity contribution in [1.82, 2.24) is 0 Å². The number of nitrogen functional groups attached to an aromatic ring is 1. The first-order valence-electron chi connectivity index (χ1n) is 3.54. The summed E-state index contributed by atoms with van der Waals surface area (Å²) in [4.78, 5) is 10.5. The van der Waals surface area contributed by atoms with Crippen molar-refractivity contribution in [3.8, 4) is 5.75 Å². The molecule has 0 saturated carbocycles. The van der Waals surface area contributed by atoms with Crippen LogP contribution in [0.1, 0.15) is 10.4 Å². The Balaban J connectivity index is 3.14. The van der Waals surface area contributed by atoms with Gasteiger partial charge < -0.3 is 10.5 Å². The minimum atomic E-state index is -2.94. The second-order valence-electron chi connectivity index (χ2n) is 2.38. The number of hydrogen-bond donors (Lipinski definition) is 1. The maximum absolute atomic E-state index is 11.9. The molecule has 0 aliphatic rings. The molecule has 0 heterocycles. The van der Waals surface area contributed by atoms with Crippen LogP contribution in [0.15, 0.2) is 16.6 Å². The van der Waals surface area contributed by atoms with Crippen LogP contribution in [-0.4, -0.2) is 12.9 Å². The van der Waals surface area contributed by atoms with E-state index < -0.39 is 6.61 Å². The zero-order valence-electron chi connectivity index (χ0n) is 6.84. The summed E-state index contributed by atoms with van der Waals surface area (Å²) < 4.78 is 28.0. The standard InChI is InChI=1S/C8H6BrF2NO2/c9-7-4(3-13)5(12)1-2-6(7)14-8(10)11/h1-3,8H,12H2. The topological polar surface area (TPSA) is 52.3 Å². The van der Waals surface area contributed by atoms with E-state index in [1.807, 2.05) is 0 Å². The number of halogens is 3. The maximum Gasteiger partial charge on any atom is 0.387 e. The fraction of sp³-hybridized carbons (Fsp3) is 0.125. The van der Waals surface area contributed by atoms with Crippen LogP contribution >= 0.6 is 15.9 Å². The second-order valence-corrected chi connectivity index (χ2v) is 3.17. The van der Waals surface area contributed by atoms with Crippen molar-refractivity contribution in [3.05, 3.63) is 22.2 Å². The highest BCUT2D eigenvalue weighted by Crippen LogP contribution is 2.32. The van der Waals surface area contributed by atoms with Gasteiger partial charge in [-0.2, -0.15) is 8.78 Å². The van der Waals surface area contributed by atoms with E-state index in [1.54, 1.807) is 0 Å². The fourth-order valence-electron chi connectivity index (χ4n) is 0.895. The lowest BCUT2D eigenvalue weighted by atomic mass is 10.2. The van der Waals surface area contributed by atoms with Gasteiger partial charge in [-0.25, -0.2) is 0 Å². The summed E-state index contributed by atoms with van der Waals surface area (Å²) in [6, 6.07) is 2.59. The van der Waals surface area contributed by atoms with E-state index in [0.717, 1.165) is 0 Å². The largest absolute Gasteiger partial charge is 0.434 e. The van der Waals surface area contributed by atoms with Gasteiger partial charge in [-0.1, -0.05) is 0 Å². The van der Waals surface area contributed by atoms with E-state index in [0.29, 0.717) is 6.29 Å². The van der Waals surface area contributed by atoms with E-state index in [2.05, 4.69) is 20.7 Å². The molecule has 0 amide bonds. The molecule has 2 N–H and O–H groups in total. The molecule has 14 heavy (non-hydrogen) atoms. The lowest BCUT2D eigenvalue weighted by Crippen LogP contribution is -2.04. The quantitative estimate of drug-likeness (QED) is 0.675. The number of nitrogens with two attached hydrogens (primary N) is 1. The molecule has 0 spiro atoms. The molecular formula is C8H6BrF2NO2. The van der Waals surface area contributed by atoms with Crippen molar-refractivity contribution in [2.75, 3.05) is 5.73 Å². The molecule has 0 saturated heterocycles. The van der Waals surface area contributed by atoms with Crippen molar-refractivity contribution in [1.29, 1.82) is 0 Å². The van der Waals surface area contributed by atoms with Crippen LogP contribution in [0.25, 0.3) is 0 Å². The predicted octanol–water partition coefficient (Wildman–Crippen LogP) is 2.45. The number of anilines is 1. The van der Waals surface area contributed by atoms with Gasteiger partial charge in [-0.3, -0.25) is 4.79 Å². The lowest BCUT2D eigenvalue weighted by Gasteiger charge is -2.09. The third-order valence-corrected chi connectivity index (χ3v) is 2.33. The van der Waals surface area contributed by atoms with Gasteiger partial charge in [0, 0.05) is 5.69 Å². The monoisotopic (exact) mass is 265 g/mol. The SMILES string of the molecule is Nc1ccc(OC(F)F)c(Br)c1C=O. The minimum Gasteiger partial charge on any atom is -0.434 e. The Morgan fingerprint density at radius 3 is 2.64 bits per heavy atom. The van der Waals surface area contributed by atoms with E-state index in [4.69, 9.17) is 5.73 Å². The Morgan fingerprint density at radius 1 is 1.50 bits per heavy atom. The van der Waals surface area contributed by atoms with Gasteiger partial charge in [0.1, 0.15) is 5.75 Å². The van der Waals surface area contributed by atoms with Gasteiger partial charge in [0.05, 0.1) is 10.0 Å². The number of ether oxygens (including phenoxy) is 1. The number of carbonyl (C=O) groups is 1. The van der Waals surface area contributed by atoms with Gasteiger partial charge in [-0.15, -0.1) is 0 Å². The summed E-state index contributed by atoms with van der Waals surface area (Å²) in [7, 11) is 0. The molecule has 0 bridgehead atoms. The van der Waals surface area contributed by atoms with Crippen LogP contribution in [0.4, 0.5) is 14.5 Å². The van der Waals surface area contributed by atoms with Gasteiger partial charge in [-0.05, 0) is 28.1 Å². The molecule has 0 atom stereocenters. The smallest absolute Gasteiger partial charge is 0.387 e. The zero-order valence-corrected chi connectivity index (χ0v) is 8.42. The Bertz CT molecular complexity index is 357. The van der Waals surface area contributed by atoms with Gasteiger partial charge in [0.2, 0.25) is 0 Å². The Morgan fingerprint density at radius 2 is 2.14 bits per heavy atom. The normalized spacial score (nSPS) is 10.3. The number of benzene rings is 1. The van der Waals surface area contributed by atoms with Crippen LogP contribution in [0.5, 0.6) is 5.75 Å². The summed E-state index contributed by atoms with van der Waals surface area (Å²) in [5.41, 5.74) is 5.73. The number of rotatable bonds is 3. The molecule has 6 heteroatoms. The molecule has 1 rings (SSSR count). The van der Waals surface area contributed by atoms with Crippen molar-refractivity contribution >= 4 is 27.9 Å². The maximum atomic E-state index is 11.9. The van der Waals surface area contributed by atoms with Crippen LogP contribution in [0.3, 0.4) is 0 Å². The first kappa shape index (κ1) is 10.9. The Kier molecular flexibility index (Phi) is 3.40. The molecule has 0 fully saturated rings. The van der Waals surface area contributed by atoms with Gasteiger partial charge >= 0.3 is 6.61 Å². The summed E-state index contributed by atoms with van der Waals surface area (Å²) in [5.74, 6) is -0.115. The summed E-state index contributed by atoms with van der Waals surface area (Å²) in [6.45, 7) is -2.94. The molecule has 0 unspecified atom stereocenters. The van der Waals surface area contributed by atoms with Crippen molar-refractivity contribution in [2.45, 2.75) is 6.61 Å². The molecular weight excluding hydrogens is 260 g/mol. The lowest BCUT2D eigenvalue weighted by molar-refractivity contribution is -0.0503. The highest BCUT2D eigenvalue weighted by molar-refractivity contribution is 9.10. The first-order chi connectivity index (χ1) is 6.56. The second kappa shape index (κ2) is 4.36. The van der Waals surface area contributed by atoms with E-state index in [-0.39, 0.29) is 21.5 Å². The molecule has 3 nitrogen and oxygen atoms in total. The van der Waals surface area contributed by atoms with Crippen molar-refractivity contribution in [3.63, 3.8) is 0 Å². The zero-order chi connectivity index (χ0) is 10.7. The summed E-state index contributed by atoms with van der Waals surface area (Å²) in [5, 5.41) is 0. The highest BCUT2D eigenvalue weighted by atomic mass is 79.9. The summed E-state index contributed by atoms with van der Waals surface area (Å²) in [6.07, 6.45) is 0.470. The third-order valence-electron chi connectivity index (χ3n) is 1.51. The number of carbonyl (C=O) groups excluding carboxylic acids is 1. The third kappa shape index (κ3) is 2.20. The van der Waals surface area contributed by atoms with E-state index in [9.17, 15) is 13.6 Å². The van der Waals surface area contributed by atoms with Crippen LogP contribution in [0.2, 0.25) is 0 Å². The predicted molar refractivity (Wildman–Crippen MR) is 50.6 cm³/mol. The highest BCUT2D eigenvalue weighted by Gasteiger charge is 2.13. The average molecular weight is 266 g/mol. The molecule has 1 aromatic carbocycles. The molecule has 0 aliphatic carbocycles. The van der Waals surface area contributed by atoms with Crippen LogP contribution in [0, 0.1) is 0 Å². The fourth-order valence-corrected chi connectivity index (χ4v) is 1.44. The van der Waals surface area contributed by atoms with E-state index in [1.165, 1.54) is 12.1 Å². The van der Waals surface area contributed by atoms with Crippen molar-refractivity contribution in [2.24, 2.45) is 0 Å². The van der Waals surface area contributed by atoms with Crippen LogP contribution in [-0.2, 0) is 0 Å². The molecule has 0 aromatic heterocycles. The minimum absolute atomic E-state index is 0.100. The number of aldehydes is 1. The average Bonchev–Trinajstić information content (AvgIpc) is 2.10. The Labute approximate surface area is 87.0 Å². The molecule has 1 aromatic rings. The van der Waals surface area contributed by atoms with Gasteiger partial charge in [0.25, 0.3) is 0 Å². The molecule has 0 aliphatic heterocycles. The summed E-state index contributed by atoms with van der Waals surface area (Å²) >= 11 is 2.95. The first-order valence-corrected chi connectivity index (χ1v) is 4.33. The number of hydrogen-bond acceptors (Lipinski definition) is 3. The van der Waals surface area contributed by atoms with Crippen molar-refractivity contribution < 1.29 is 18.3 Å².